The summed E-state index contributed by atoms with van der Waals surface area (Å²) < 4.78 is 2.92. The molecule has 4 nitrogen and oxygen atoms in total. The van der Waals surface area contributed by atoms with Crippen molar-refractivity contribution in [2.45, 2.75) is 46.5 Å². The van der Waals surface area contributed by atoms with Crippen molar-refractivity contribution in [2.75, 3.05) is 13.1 Å². The van der Waals surface area contributed by atoms with E-state index in [1.54, 1.807) is 0 Å². The van der Waals surface area contributed by atoms with E-state index in [1.165, 1.54) is 0 Å². The molecule has 3 rings (SSSR count). The molecule has 1 aliphatic rings. The molecular weight excluding hydrogens is 354 g/mol. The molecule has 1 saturated heterocycles. The van der Waals surface area contributed by atoms with Gasteiger partial charge in [-0.2, -0.15) is 0 Å². The molecule has 124 valence electrons. The minimum Gasteiger partial charge on any atom is -0.337 e. The summed E-state index contributed by atoms with van der Waals surface area (Å²) >= 11 is 3.59. The van der Waals surface area contributed by atoms with Gasteiger partial charge in [0.1, 0.15) is 5.69 Å². The number of amides is 1. The van der Waals surface area contributed by atoms with Gasteiger partial charge in [0.15, 0.2) is 5.65 Å². The van der Waals surface area contributed by atoms with E-state index in [1.807, 2.05) is 22.4 Å². The van der Waals surface area contributed by atoms with Gasteiger partial charge in [0.25, 0.3) is 5.91 Å². The lowest BCUT2D eigenvalue weighted by atomic mass is 9.99. The van der Waals surface area contributed by atoms with E-state index in [0.29, 0.717) is 5.92 Å². The number of hydrogen-bond acceptors (Lipinski definition) is 2. The molecule has 0 unspecified atom stereocenters. The van der Waals surface area contributed by atoms with Gasteiger partial charge in [-0.05, 0) is 59.7 Å². The second kappa shape index (κ2) is 6.63. The molecule has 1 fully saturated rings. The van der Waals surface area contributed by atoms with Gasteiger partial charge < -0.3 is 4.90 Å². The van der Waals surface area contributed by atoms with Crippen LogP contribution in [0.4, 0.5) is 0 Å². The van der Waals surface area contributed by atoms with E-state index in [4.69, 9.17) is 4.98 Å². The zero-order valence-electron chi connectivity index (χ0n) is 14.1. The van der Waals surface area contributed by atoms with Crippen LogP contribution in [0.3, 0.4) is 0 Å². The number of aryl methyl sites for hydroxylation is 2. The quantitative estimate of drug-likeness (QED) is 0.802. The third kappa shape index (κ3) is 3.16. The Kier molecular flexibility index (Phi) is 4.76. The lowest BCUT2D eigenvalue weighted by Crippen LogP contribution is -2.38. The molecule has 1 aliphatic heterocycles. The maximum atomic E-state index is 13.1. The SMILES string of the molecule is CCCc1nc2c(Br)cc(C)cn2c1C(=O)N1CCC(C)CC1. The van der Waals surface area contributed by atoms with Crippen LogP contribution in [0.15, 0.2) is 16.7 Å². The normalized spacial score (nSPS) is 16.3. The zero-order chi connectivity index (χ0) is 16.6. The number of rotatable bonds is 3. The number of imidazole rings is 1. The predicted molar refractivity (Wildman–Crippen MR) is 95.9 cm³/mol. The summed E-state index contributed by atoms with van der Waals surface area (Å²) in [4.78, 5) is 19.9. The van der Waals surface area contributed by atoms with Crippen LogP contribution in [0, 0.1) is 12.8 Å². The summed E-state index contributed by atoms with van der Waals surface area (Å²) in [6.45, 7) is 8.14. The Bertz CT molecular complexity index is 729. The Morgan fingerprint density at radius 3 is 2.74 bits per heavy atom. The van der Waals surface area contributed by atoms with Crippen molar-refractivity contribution >= 4 is 27.5 Å². The Hall–Kier alpha value is -1.36. The second-order valence-electron chi connectivity index (χ2n) is 6.69. The van der Waals surface area contributed by atoms with Gasteiger partial charge in [0, 0.05) is 19.3 Å². The summed E-state index contributed by atoms with van der Waals surface area (Å²) in [5.41, 5.74) is 3.63. The molecular formula is C18H24BrN3O. The highest BCUT2D eigenvalue weighted by Gasteiger charge is 2.27. The molecule has 3 heterocycles. The van der Waals surface area contributed by atoms with Crippen LogP contribution >= 0.6 is 15.9 Å². The highest BCUT2D eigenvalue weighted by molar-refractivity contribution is 9.10. The molecule has 5 heteroatoms. The molecule has 23 heavy (non-hydrogen) atoms. The van der Waals surface area contributed by atoms with E-state index in [0.717, 1.165) is 65.8 Å². The third-order valence-corrected chi connectivity index (χ3v) is 5.23. The smallest absolute Gasteiger partial charge is 0.272 e. The zero-order valence-corrected chi connectivity index (χ0v) is 15.7. The van der Waals surface area contributed by atoms with Gasteiger partial charge in [0.05, 0.1) is 10.2 Å². The largest absolute Gasteiger partial charge is 0.337 e. The summed E-state index contributed by atoms with van der Waals surface area (Å²) in [6.07, 6.45) is 6.02. The summed E-state index contributed by atoms with van der Waals surface area (Å²) in [5, 5.41) is 0. The van der Waals surface area contributed by atoms with Crippen molar-refractivity contribution in [1.29, 1.82) is 0 Å². The van der Waals surface area contributed by atoms with E-state index in [9.17, 15) is 4.79 Å². The lowest BCUT2D eigenvalue weighted by molar-refractivity contribution is 0.0689. The Balaban J connectivity index is 2.07. The summed E-state index contributed by atoms with van der Waals surface area (Å²) in [6, 6.07) is 2.05. The van der Waals surface area contributed by atoms with E-state index < -0.39 is 0 Å². The number of hydrogen-bond donors (Lipinski definition) is 0. The Labute approximate surface area is 146 Å². The molecule has 1 amide bonds. The standard InChI is InChI=1S/C18H24BrN3O/c1-4-5-15-16(18(23)21-8-6-12(2)7-9-21)22-11-13(3)10-14(19)17(22)20-15/h10-12H,4-9H2,1-3H3. The van der Waals surface area contributed by atoms with E-state index in [2.05, 4.69) is 35.8 Å². The summed E-state index contributed by atoms with van der Waals surface area (Å²) in [7, 11) is 0. The van der Waals surface area contributed by atoms with Gasteiger partial charge in [-0.15, -0.1) is 0 Å². The average molecular weight is 378 g/mol. The van der Waals surface area contributed by atoms with Crippen LogP contribution in [0.2, 0.25) is 0 Å². The number of carbonyl (C=O) groups excluding carboxylic acids is 1. The molecule has 0 aliphatic carbocycles. The molecule has 0 spiro atoms. The van der Waals surface area contributed by atoms with Crippen LogP contribution in [0.1, 0.15) is 54.9 Å². The number of pyridine rings is 1. The van der Waals surface area contributed by atoms with E-state index in [-0.39, 0.29) is 5.91 Å². The van der Waals surface area contributed by atoms with Gasteiger partial charge in [-0.1, -0.05) is 20.3 Å². The third-order valence-electron chi connectivity index (χ3n) is 4.64. The fourth-order valence-corrected chi connectivity index (χ4v) is 3.92. The van der Waals surface area contributed by atoms with Crippen LogP contribution in [-0.4, -0.2) is 33.3 Å². The van der Waals surface area contributed by atoms with Crippen molar-refractivity contribution in [3.63, 3.8) is 0 Å². The predicted octanol–water partition coefficient (Wildman–Crippen LogP) is 4.23. The minimum atomic E-state index is 0.130. The Morgan fingerprint density at radius 2 is 2.09 bits per heavy atom. The number of nitrogens with zero attached hydrogens (tertiary/aromatic N) is 3. The van der Waals surface area contributed by atoms with Gasteiger partial charge in [-0.25, -0.2) is 4.98 Å². The number of halogens is 1. The molecule has 0 aromatic carbocycles. The number of fused-ring (bicyclic) bond motifs is 1. The molecule has 0 bridgehead atoms. The first kappa shape index (κ1) is 16.5. The van der Waals surface area contributed by atoms with E-state index >= 15 is 0 Å². The maximum absolute atomic E-state index is 13.1. The second-order valence-corrected chi connectivity index (χ2v) is 7.55. The minimum absolute atomic E-state index is 0.130. The molecule has 2 aromatic rings. The van der Waals surface area contributed by atoms with Crippen molar-refractivity contribution in [1.82, 2.24) is 14.3 Å². The fourth-order valence-electron chi connectivity index (χ4n) is 3.28. The Morgan fingerprint density at radius 1 is 1.39 bits per heavy atom. The maximum Gasteiger partial charge on any atom is 0.272 e. The lowest BCUT2D eigenvalue weighted by Gasteiger charge is -2.30. The summed E-state index contributed by atoms with van der Waals surface area (Å²) in [5.74, 6) is 0.845. The molecule has 0 N–H and O–H groups in total. The fraction of sp³-hybridized carbons (Fsp3) is 0.556. The first-order chi connectivity index (χ1) is 11.0. The van der Waals surface area contributed by atoms with Gasteiger partial charge in [0.2, 0.25) is 0 Å². The first-order valence-electron chi connectivity index (χ1n) is 8.47. The van der Waals surface area contributed by atoms with Crippen molar-refractivity contribution in [2.24, 2.45) is 5.92 Å². The van der Waals surface area contributed by atoms with Gasteiger partial charge in [-0.3, -0.25) is 9.20 Å². The molecule has 0 radical (unpaired) electrons. The van der Waals surface area contributed by atoms with Crippen molar-refractivity contribution < 1.29 is 4.79 Å². The van der Waals surface area contributed by atoms with Crippen molar-refractivity contribution in [3.8, 4) is 0 Å². The monoisotopic (exact) mass is 377 g/mol. The molecule has 2 aromatic heterocycles. The van der Waals surface area contributed by atoms with Crippen LogP contribution in [0.25, 0.3) is 5.65 Å². The molecule has 0 saturated carbocycles. The van der Waals surface area contributed by atoms with Crippen LogP contribution in [0.5, 0.6) is 0 Å². The van der Waals surface area contributed by atoms with Crippen LogP contribution in [-0.2, 0) is 6.42 Å². The number of aromatic nitrogens is 2. The first-order valence-corrected chi connectivity index (χ1v) is 9.27. The highest BCUT2D eigenvalue weighted by atomic mass is 79.9. The van der Waals surface area contributed by atoms with Crippen molar-refractivity contribution in [3.05, 3.63) is 33.7 Å². The number of likely N-dealkylation sites (tertiary alicyclic amines) is 1. The number of carbonyl (C=O) groups is 1. The van der Waals surface area contributed by atoms with Crippen LogP contribution < -0.4 is 0 Å². The molecule has 0 atom stereocenters. The highest BCUT2D eigenvalue weighted by Crippen LogP contribution is 2.26. The van der Waals surface area contributed by atoms with Gasteiger partial charge >= 0.3 is 0 Å². The number of piperidine rings is 1. The average Bonchev–Trinajstić information content (AvgIpc) is 2.86. The topological polar surface area (TPSA) is 37.6 Å².